The summed E-state index contributed by atoms with van der Waals surface area (Å²) < 4.78 is 0. The van der Waals surface area contributed by atoms with E-state index in [1.165, 1.54) is 36.9 Å². The zero-order valence-electron chi connectivity index (χ0n) is 9.22. The summed E-state index contributed by atoms with van der Waals surface area (Å²) in [6.45, 7) is 3.31. The van der Waals surface area contributed by atoms with Gasteiger partial charge < -0.3 is 5.32 Å². The summed E-state index contributed by atoms with van der Waals surface area (Å²) in [5.74, 6) is 0.672. The molecule has 1 unspecified atom stereocenters. The highest BCUT2D eigenvalue weighted by atomic mass is 35.5. The van der Waals surface area contributed by atoms with Gasteiger partial charge in [0.25, 0.3) is 0 Å². The monoisotopic (exact) mass is 223 g/mol. The van der Waals surface area contributed by atoms with Gasteiger partial charge in [0.15, 0.2) is 0 Å². The molecule has 2 heteroatoms. The Morgan fingerprint density at radius 1 is 1.40 bits per heavy atom. The summed E-state index contributed by atoms with van der Waals surface area (Å²) in [5, 5.41) is 4.28. The van der Waals surface area contributed by atoms with Crippen molar-refractivity contribution in [3.8, 4) is 0 Å². The Bertz CT molecular complexity index is 335. The maximum absolute atomic E-state index is 6.13. The second-order valence-corrected chi connectivity index (χ2v) is 4.68. The summed E-state index contributed by atoms with van der Waals surface area (Å²) in [6.07, 6.45) is 5.25. The SMILES string of the molecule is CCCCCC1CNc2c(Cl)cccc21. The van der Waals surface area contributed by atoms with Crippen molar-refractivity contribution in [3.63, 3.8) is 0 Å². The molecule has 0 amide bonds. The molecule has 0 bridgehead atoms. The second-order valence-electron chi connectivity index (χ2n) is 4.28. The Kier molecular flexibility index (Phi) is 3.53. The van der Waals surface area contributed by atoms with Crippen LogP contribution in [0, 0.1) is 0 Å². The summed E-state index contributed by atoms with van der Waals surface area (Å²) in [5.41, 5.74) is 2.58. The molecule has 1 aliphatic heterocycles. The molecule has 0 radical (unpaired) electrons. The van der Waals surface area contributed by atoms with E-state index in [0.29, 0.717) is 5.92 Å². The Labute approximate surface area is 96.8 Å². The van der Waals surface area contributed by atoms with E-state index in [1.54, 1.807) is 0 Å². The van der Waals surface area contributed by atoms with Gasteiger partial charge in [0.1, 0.15) is 0 Å². The van der Waals surface area contributed by atoms with Crippen LogP contribution in [0.15, 0.2) is 18.2 Å². The minimum Gasteiger partial charge on any atom is -0.383 e. The summed E-state index contributed by atoms with van der Waals surface area (Å²) in [6, 6.07) is 6.22. The lowest BCUT2D eigenvalue weighted by molar-refractivity contribution is 0.596. The number of benzene rings is 1. The summed E-state index contributed by atoms with van der Waals surface area (Å²) >= 11 is 6.13. The number of halogens is 1. The van der Waals surface area contributed by atoms with Gasteiger partial charge in [-0.15, -0.1) is 0 Å². The lowest BCUT2D eigenvalue weighted by atomic mass is 9.95. The Balaban J connectivity index is 2.05. The van der Waals surface area contributed by atoms with Gasteiger partial charge in [-0.1, -0.05) is 49.9 Å². The quantitative estimate of drug-likeness (QED) is 0.745. The molecule has 1 atom stereocenters. The van der Waals surface area contributed by atoms with Crippen molar-refractivity contribution in [3.05, 3.63) is 28.8 Å². The number of fused-ring (bicyclic) bond motifs is 1. The third-order valence-corrected chi connectivity index (χ3v) is 3.48. The summed E-state index contributed by atoms with van der Waals surface area (Å²) in [7, 11) is 0. The van der Waals surface area contributed by atoms with Gasteiger partial charge >= 0.3 is 0 Å². The first-order chi connectivity index (χ1) is 7.33. The first-order valence-corrected chi connectivity index (χ1v) is 6.23. The molecule has 82 valence electrons. The van der Waals surface area contributed by atoms with Gasteiger partial charge in [0, 0.05) is 12.5 Å². The van der Waals surface area contributed by atoms with Crippen molar-refractivity contribution >= 4 is 17.3 Å². The Morgan fingerprint density at radius 2 is 2.27 bits per heavy atom. The Morgan fingerprint density at radius 3 is 3.07 bits per heavy atom. The van der Waals surface area contributed by atoms with E-state index in [-0.39, 0.29) is 0 Å². The van der Waals surface area contributed by atoms with Gasteiger partial charge in [0.05, 0.1) is 10.7 Å². The van der Waals surface area contributed by atoms with Crippen LogP contribution >= 0.6 is 11.6 Å². The molecule has 1 nitrogen and oxygen atoms in total. The van der Waals surface area contributed by atoms with Crippen LogP contribution < -0.4 is 5.32 Å². The van der Waals surface area contributed by atoms with E-state index >= 15 is 0 Å². The van der Waals surface area contributed by atoms with Crippen molar-refractivity contribution in [2.45, 2.75) is 38.5 Å². The highest BCUT2D eigenvalue weighted by Gasteiger charge is 2.22. The Hall–Kier alpha value is -0.690. The molecule has 0 saturated heterocycles. The van der Waals surface area contributed by atoms with Crippen LogP contribution in [0.25, 0.3) is 0 Å². The average Bonchev–Trinajstić information content (AvgIpc) is 2.64. The van der Waals surface area contributed by atoms with E-state index in [0.717, 1.165) is 11.6 Å². The molecule has 0 fully saturated rings. The van der Waals surface area contributed by atoms with Gasteiger partial charge in [-0.25, -0.2) is 0 Å². The van der Waals surface area contributed by atoms with Crippen LogP contribution in [-0.2, 0) is 0 Å². The second kappa shape index (κ2) is 4.89. The predicted octanol–water partition coefficient (Wildman–Crippen LogP) is 4.43. The number of nitrogens with one attached hydrogen (secondary N) is 1. The van der Waals surface area contributed by atoms with Crippen LogP contribution in [0.1, 0.15) is 44.1 Å². The number of unbranched alkanes of at least 4 members (excludes halogenated alkanes) is 2. The standard InChI is InChI=1S/C13H18ClN/c1-2-3-4-6-10-9-15-13-11(10)7-5-8-12(13)14/h5,7-8,10,15H,2-4,6,9H2,1H3. The van der Waals surface area contributed by atoms with Crippen LogP contribution in [0.2, 0.25) is 5.02 Å². The lowest BCUT2D eigenvalue weighted by Gasteiger charge is -2.09. The third kappa shape index (κ3) is 2.28. The van der Waals surface area contributed by atoms with E-state index in [1.807, 2.05) is 6.07 Å². The van der Waals surface area contributed by atoms with E-state index in [9.17, 15) is 0 Å². The molecule has 1 aromatic rings. The number of para-hydroxylation sites is 1. The van der Waals surface area contributed by atoms with Crippen LogP contribution in [0.3, 0.4) is 0 Å². The van der Waals surface area contributed by atoms with E-state index < -0.39 is 0 Å². The number of hydrogen-bond donors (Lipinski definition) is 1. The fourth-order valence-corrected chi connectivity index (χ4v) is 2.55. The van der Waals surface area contributed by atoms with Gasteiger partial charge in [0.2, 0.25) is 0 Å². The fourth-order valence-electron chi connectivity index (χ4n) is 2.30. The normalized spacial score (nSPS) is 18.7. The smallest absolute Gasteiger partial charge is 0.0640 e. The predicted molar refractivity (Wildman–Crippen MR) is 66.8 cm³/mol. The third-order valence-electron chi connectivity index (χ3n) is 3.17. The molecule has 2 rings (SSSR count). The fraction of sp³-hybridized carbons (Fsp3) is 0.538. The van der Waals surface area contributed by atoms with Crippen molar-refractivity contribution in [1.29, 1.82) is 0 Å². The molecule has 0 saturated carbocycles. The molecule has 0 aliphatic carbocycles. The van der Waals surface area contributed by atoms with Crippen molar-refractivity contribution < 1.29 is 0 Å². The zero-order chi connectivity index (χ0) is 10.7. The largest absolute Gasteiger partial charge is 0.383 e. The van der Waals surface area contributed by atoms with Crippen LogP contribution in [0.4, 0.5) is 5.69 Å². The maximum atomic E-state index is 6.13. The van der Waals surface area contributed by atoms with Crippen molar-refractivity contribution in [2.24, 2.45) is 0 Å². The highest BCUT2D eigenvalue weighted by Crippen LogP contribution is 2.38. The molecule has 1 heterocycles. The molecule has 0 spiro atoms. The van der Waals surface area contributed by atoms with E-state index in [4.69, 9.17) is 11.6 Å². The molecule has 1 N–H and O–H groups in total. The van der Waals surface area contributed by atoms with Crippen molar-refractivity contribution in [1.82, 2.24) is 0 Å². The molecular formula is C13H18ClN. The summed E-state index contributed by atoms with van der Waals surface area (Å²) in [4.78, 5) is 0. The number of hydrogen-bond acceptors (Lipinski definition) is 1. The van der Waals surface area contributed by atoms with Gasteiger partial charge in [-0.05, 0) is 18.1 Å². The molecule has 0 aromatic heterocycles. The van der Waals surface area contributed by atoms with Crippen molar-refractivity contribution in [2.75, 3.05) is 11.9 Å². The zero-order valence-corrected chi connectivity index (χ0v) is 9.98. The first-order valence-electron chi connectivity index (χ1n) is 5.85. The number of rotatable bonds is 4. The topological polar surface area (TPSA) is 12.0 Å². The molecule has 15 heavy (non-hydrogen) atoms. The first kappa shape index (κ1) is 10.8. The van der Waals surface area contributed by atoms with Gasteiger partial charge in [-0.3, -0.25) is 0 Å². The molecule has 1 aliphatic rings. The maximum Gasteiger partial charge on any atom is 0.0640 e. The highest BCUT2D eigenvalue weighted by molar-refractivity contribution is 6.33. The average molecular weight is 224 g/mol. The van der Waals surface area contributed by atoms with Crippen LogP contribution in [-0.4, -0.2) is 6.54 Å². The van der Waals surface area contributed by atoms with Gasteiger partial charge in [-0.2, -0.15) is 0 Å². The minimum atomic E-state index is 0.672. The number of anilines is 1. The molecule has 1 aromatic carbocycles. The van der Waals surface area contributed by atoms with Crippen LogP contribution in [0.5, 0.6) is 0 Å². The lowest BCUT2D eigenvalue weighted by Crippen LogP contribution is -2.01. The van der Waals surface area contributed by atoms with E-state index in [2.05, 4.69) is 24.4 Å². The molecular weight excluding hydrogens is 206 g/mol. The minimum absolute atomic E-state index is 0.672.